The molecule has 1 amide bonds. The van der Waals surface area contributed by atoms with Crippen LogP contribution < -0.4 is 15.7 Å². The molecule has 0 atom stereocenters. The quantitative estimate of drug-likeness (QED) is 0.721. The number of halogens is 3. The maximum Gasteiger partial charge on any atom is 0.573 e. The molecule has 3 rings (SSSR count). The van der Waals surface area contributed by atoms with Gasteiger partial charge >= 0.3 is 6.36 Å². The summed E-state index contributed by atoms with van der Waals surface area (Å²) in [5.74, 6) is -0.977. The van der Waals surface area contributed by atoms with E-state index in [4.69, 9.17) is 0 Å². The Morgan fingerprint density at radius 2 is 2.04 bits per heavy atom. The van der Waals surface area contributed by atoms with E-state index in [2.05, 4.69) is 20.1 Å². The first-order chi connectivity index (χ1) is 13.3. The summed E-state index contributed by atoms with van der Waals surface area (Å²) in [5.41, 5.74) is 2.17. The molecule has 2 heterocycles. The largest absolute Gasteiger partial charge is 0.573 e. The summed E-state index contributed by atoms with van der Waals surface area (Å²) in [6.45, 7) is 1.66. The predicted octanol–water partition coefficient (Wildman–Crippen LogP) is 2.57. The van der Waals surface area contributed by atoms with Gasteiger partial charge in [-0.25, -0.2) is 9.66 Å². The molecule has 0 aliphatic heterocycles. The van der Waals surface area contributed by atoms with E-state index in [0.29, 0.717) is 5.56 Å². The van der Waals surface area contributed by atoms with Gasteiger partial charge in [-0.2, -0.15) is 0 Å². The van der Waals surface area contributed by atoms with Crippen molar-refractivity contribution in [2.45, 2.75) is 26.1 Å². The van der Waals surface area contributed by atoms with Crippen molar-refractivity contribution in [3.63, 3.8) is 0 Å². The van der Waals surface area contributed by atoms with Crippen molar-refractivity contribution in [2.24, 2.45) is 0 Å². The SMILES string of the molecule is CCc1nc2c(OC(F)(F)F)cccc2c(=O)n1NC(=O)Cc1cccnc1. The number of carbonyl (C=O) groups is 1. The number of pyridine rings is 1. The molecule has 146 valence electrons. The van der Waals surface area contributed by atoms with Gasteiger partial charge in [0.15, 0.2) is 5.75 Å². The molecule has 0 aliphatic carbocycles. The Hall–Kier alpha value is -3.43. The predicted molar refractivity (Wildman–Crippen MR) is 94.4 cm³/mol. The third kappa shape index (κ3) is 4.27. The van der Waals surface area contributed by atoms with Gasteiger partial charge in [0.2, 0.25) is 5.91 Å². The van der Waals surface area contributed by atoms with Crippen LogP contribution in [0.25, 0.3) is 10.9 Å². The van der Waals surface area contributed by atoms with E-state index in [1.165, 1.54) is 18.3 Å². The number of hydrogen-bond donors (Lipinski definition) is 1. The van der Waals surface area contributed by atoms with E-state index in [0.717, 1.165) is 10.7 Å². The molecule has 0 radical (unpaired) electrons. The highest BCUT2D eigenvalue weighted by molar-refractivity contribution is 5.87. The fourth-order valence-electron chi connectivity index (χ4n) is 2.64. The smallest absolute Gasteiger partial charge is 0.403 e. The number of nitrogens with zero attached hydrogens (tertiary/aromatic N) is 3. The first kappa shape index (κ1) is 19.3. The molecule has 0 saturated carbocycles. The number of nitrogens with one attached hydrogen (secondary N) is 1. The van der Waals surface area contributed by atoms with Crippen molar-refractivity contribution < 1.29 is 22.7 Å². The molecule has 0 bridgehead atoms. The Labute approximate surface area is 156 Å². The van der Waals surface area contributed by atoms with Crippen molar-refractivity contribution in [3.8, 4) is 5.75 Å². The summed E-state index contributed by atoms with van der Waals surface area (Å²) in [6, 6.07) is 7.02. The second-order valence-electron chi connectivity index (χ2n) is 5.80. The van der Waals surface area contributed by atoms with Crippen molar-refractivity contribution >= 4 is 16.8 Å². The number of aryl methyl sites for hydroxylation is 1. The Morgan fingerprint density at radius 3 is 2.68 bits per heavy atom. The topological polar surface area (TPSA) is 86.1 Å². The van der Waals surface area contributed by atoms with Gasteiger partial charge in [-0.3, -0.25) is 20.0 Å². The van der Waals surface area contributed by atoms with E-state index in [1.807, 2.05) is 0 Å². The third-order valence-electron chi connectivity index (χ3n) is 3.80. The Kier molecular flexibility index (Phi) is 5.30. The number of rotatable bonds is 5. The van der Waals surface area contributed by atoms with E-state index >= 15 is 0 Å². The molecule has 0 spiro atoms. The zero-order chi connectivity index (χ0) is 20.3. The van der Waals surface area contributed by atoms with Crippen LogP contribution >= 0.6 is 0 Å². The highest BCUT2D eigenvalue weighted by Gasteiger charge is 2.32. The van der Waals surface area contributed by atoms with Gasteiger partial charge in [0.25, 0.3) is 5.56 Å². The minimum Gasteiger partial charge on any atom is -0.403 e. The average molecular weight is 392 g/mol. The van der Waals surface area contributed by atoms with Crippen LogP contribution in [-0.2, 0) is 17.6 Å². The lowest BCUT2D eigenvalue weighted by Gasteiger charge is -2.15. The van der Waals surface area contributed by atoms with Gasteiger partial charge < -0.3 is 4.74 Å². The molecule has 0 saturated heterocycles. The summed E-state index contributed by atoms with van der Waals surface area (Å²) >= 11 is 0. The molecule has 2 aromatic heterocycles. The van der Waals surface area contributed by atoms with Crippen LogP contribution in [0.5, 0.6) is 5.75 Å². The van der Waals surface area contributed by atoms with Gasteiger partial charge in [-0.05, 0) is 23.8 Å². The molecule has 10 heteroatoms. The monoisotopic (exact) mass is 392 g/mol. The lowest BCUT2D eigenvalue weighted by atomic mass is 10.2. The van der Waals surface area contributed by atoms with Crippen LogP contribution in [0.2, 0.25) is 0 Å². The van der Waals surface area contributed by atoms with Gasteiger partial charge in [0, 0.05) is 18.8 Å². The summed E-state index contributed by atoms with van der Waals surface area (Å²) in [4.78, 5) is 33.1. The van der Waals surface area contributed by atoms with E-state index < -0.39 is 23.6 Å². The summed E-state index contributed by atoms with van der Waals surface area (Å²) in [6.07, 6.45) is -1.68. The van der Waals surface area contributed by atoms with Crippen LogP contribution in [0.15, 0.2) is 47.5 Å². The number of benzene rings is 1. The molecular formula is C18H15F3N4O3. The zero-order valence-electron chi connectivity index (χ0n) is 14.7. The normalized spacial score (nSPS) is 11.4. The van der Waals surface area contributed by atoms with Crippen molar-refractivity contribution in [1.82, 2.24) is 14.6 Å². The number of alkyl halides is 3. The lowest BCUT2D eigenvalue weighted by Crippen LogP contribution is -2.37. The van der Waals surface area contributed by atoms with Crippen molar-refractivity contribution in [1.29, 1.82) is 0 Å². The van der Waals surface area contributed by atoms with Crippen LogP contribution in [0, 0.1) is 0 Å². The minimum atomic E-state index is -4.92. The van der Waals surface area contributed by atoms with E-state index in [9.17, 15) is 22.8 Å². The fraction of sp³-hybridized carbons (Fsp3) is 0.222. The number of aromatic nitrogens is 3. The Balaban J connectivity index is 2.00. The van der Waals surface area contributed by atoms with Crippen LogP contribution in [0.1, 0.15) is 18.3 Å². The van der Waals surface area contributed by atoms with Crippen LogP contribution in [0.4, 0.5) is 13.2 Å². The molecule has 0 fully saturated rings. The zero-order valence-corrected chi connectivity index (χ0v) is 14.7. The number of amides is 1. The number of carbonyl (C=O) groups excluding carboxylic acids is 1. The standard InChI is InChI=1S/C18H15F3N4O3/c1-2-14-23-16-12(6-3-7-13(16)28-18(19,20)21)17(27)25(14)24-15(26)9-11-5-4-8-22-10-11/h3-8,10H,2,9H2,1H3,(H,24,26). The highest BCUT2D eigenvalue weighted by Crippen LogP contribution is 2.28. The average Bonchev–Trinajstić information content (AvgIpc) is 2.64. The van der Waals surface area contributed by atoms with Crippen LogP contribution in [0.3, 0.4) is 0 Å². The fourth-order valence-corrected chi connectivity index (χ4v) is 2.64. The maximum absolute atomic E-state index is 12.8. The number of ether oxygens (including phenoxy) is 1. The molecule has 1 aromatic carbocycles. The molecule has 7 nitrogen and oxygen atoms in total. The van der Waals surface area contributed by atoms with Gasteiger partial charge in [0.05, 0.1) is 11.8 Å². The maximum atomic E-state index is 12.8. The van der Waals surface area contributed by atoms with Crippen LogP contribution in [-0.4, -0.2) is 26.9 Å². The second kappa shape index (κ2) is 7.67. The number of hydrogen-bond acceptors (Lipinski definition) is 5. The highest BCUT2D eigenvalue weighted by atomic mass is 19.4. The summed E-state index contributed by atoms with van der Waals surface area (Å²) in [5, 5.41) is -0.111. The minimum absolute atomic E-state index is 0.0291. The number of para-hydroxylation sites is 1. The first-order valence-corrected chi connectivity index (χ1v) is 8.27. The Bertz CT molecular complexity index is 1070. The van der Waals surface area contributed by atoms with Gasteiger partial charge in [-0.1, -0.05) is 19.1 Å². The van der Waals surface area contributed by atoms with Crippen molar-refractivity contribution in [3.05, 3.63) is 64.5 Å². The molecule has 3 aromatic rings. The van der Waals surface area contributed by atoms with Gasteiger partial charge in [0.1, 0.15) is 11.3 Å². The summed E-state index contributed by atoms with van der Waals surface area (Å²) in [7, 11) is 0. The van der Waals surface area contributed by atoms with E-state index in [1.54, 1.807) is 25.3 Å². The van der Waals surface area contributed by atoms with Gasteiger partial charge in [-0.15, -0.1) is 13.2 Å². The third-order valence-corrected chi connectivity index (χ3v) is 3.80. The lowest BCUT2D eigenvalue weighted by molar-refractivity contribution is -0.274. The first-order valence-electron chi connectivity index (χ1n) is 8.27. The number of fused-ring (bicyclic) bond motifs is 1. The van der Waals surface area contributed by atoms with E-state index in [-0.39, 0.29) is 29.6 Å². The molecule has 0 aliphatic rings. The van der Waals surface area contributed by atoms with Crippen molar-refractivity contribution in [2.75, 3.05) is 5.43 Å². The second-order valence-corrected chi connectivity index (χ2v) is 5.80. The molecule has 1 N–H and O–H groups in total. The summed E-state index contributed by atoms with van der Waals surface area (Å²) < 4.78 is 42.8. The molecule has 28 heavy (non-hydrogen) atoms. The molecule has 0 unspecified atom stereocenters. The molecular weight excluding hydrogens is 377 g/mol. The Morgan fingerprint density at radius 1 is 1.25 bits per heavy atom.